The third kappa shape index (κ3) is 4.68. The molecule has 27 heavy (non-hydrogen) atoms. The van der Waals surface area contributed by atoms with Gasteiger partial charge in [0.2, 0.25) is 5.91 Å². The van der Waals surface area contributed by atoms with Crippen molar-refractivity contribution in [1.29, 1.82) is 0 Å². The highest BCUT2D eigenvalue weighted by Gasteiger charge is 2.21. The number of halogens is 2. The van der Waals surface area contributed by atoms with Gasteiger partial charge in [-0.15, -0.1) is 0 Å². The van der Waals surface area contributed by atoms with Crippen LogP contribution in [0.3, 0.4) is 0 Å². The van der Waals surface area contributed by atoms with Gasteiger partial charge in [-0.05, 0) is 37.3 Å². The smallest absolute Gasteiger partial charge is 0.238 e. The summed E-state index contributed by atoms with van der Waals surface area (Å²) in [6.07, 6.45) is 0. The molecule has 0 radical (unpaired) electrons. The maximum atomic E-state index is 14.3. The van der Waals surface area contributed by atoms with E-state index in [9.17, 15) is 18.4 Å². The third-order valence-electron chi connectivity index (χ3n) is 4.58. The molecule has 0 aromatic heterocycles. The number of ketones is 1. The average molecular weight is 373 g/mol. The topological polar surface area (TPSA) is 52.7 Å². The Labute approximate surface area is 156 Å². The largest absolute Gasteiger partial charge is 0.367 e. The van der Waals surface area contributed by atoms with Crippen molar-refractivity contribution >= 4 is 23.1 Å². The number of benzene rings is 2. The molecule has 7 heteroatoms. The van der Waals surface area contributed by atoms with Gasteiger partial charge in [0.1, 0.15) is 11.6 Å². The second-order valence-corrected chi connectivity index (χ2v) is 6.51. The lowest BCUT2D eigenvalue weighted by Crippen LogP contribution is -2.49. The van der Waals surface area contributed by atoms with Crippen LogP contribution in [-0.2, 0) is 4.79 Å². The summed E-state index contributed by atoms with van der Waals surface area (Å²) in [4.78, 5) is 27.3. The fourth-order valence-electron chi connectivity index (χ4n) is 3.08. The first-order valence-electron chi connectivity index (χ1n) is 8.76. The number of nitrogens with one attached hydrogen (secondary N) is 1. The number of anilines is 2. The number of piperazine rings is 1. The van der Waals surface area contributed by atoms with Gasteiger partial charge in [0.15, 0.2) is 5.78 Å². The average Bonchev–Trinajstić information content (AvgIpc) is 2.64. The number of Topliss-reactive ketones (excluding diaryl/α,β-unsaturated/α-hetero) is 1. The Morgan fingerprint density at radius 3 is 2.33 bits per heavy atom. The summed E-state index contributed by atoms with van der Waals surface area (Å²) in [5.41, 5.74) is 0.962. The molecule has 1 amide bonds. The highest BCUT2D eigenvalue weighted by Crippen LogP contribution is 2.22. The summed E-state index contributed by atoms with van der Waals surface area (Å²) in [7, 11) is 0. The van der Waals surface area contributed by atoms with Crippen molar-refractivity contribution in [3.8, 4) is 0 Å². The van der Waals surface area contributed by atoms with Crippen LogP contribution in [0.15, 0.2) is 42.5 Å². The van der Waals surface area contributed by atoms with E-state index in [4.69, 9.17) is 0 Å². The molecule has 0 atom stereocenters. The molecule has 2 aromatic rings. The van der Waals surface area contributed by atoms with Crippen LogP contribution in [0.25, 0.3) is 0 Å². The van der Waals surface area contributed by atoms with Crippen molar-refractivity contribution in [2.24, 2.45) is 0 Å². The van der Waals surface area contributed by atoms with Gasteiger partial charge in [0.05, 0.1) is 17.9 Å². The van der Waals surface area contributed by atoms with Crippen LogP contribution < -0.4 is 10.2 Å². The van der Waals surface area contributed by atoms with E-state index in [-0.39, 0.29) is 23.9 Å². The number of carbonyl (C=O) groups excluding carboxylic acids is 2. The first-order chi connectivity index (χ1) is 12.9. The van der Waals surface area contributed by atoms with E-state index in [2.05, 4.69) is 5.32 Å². The van der Waals surface area contributed by atoms with E-state index in [0.717, 1.165) is 0 Å². The Morgan fingerprint density at radius 2 is 1.70 bits per heavy atom. The minimum atomic E-state index is -0.472. The summed E-state index contributed by atoms with van der Waals surface area (Å²) < 4.78 is 27.9. The molecular formula is C20H21F2N3O2. The van der Waals surface area contributed by atoms with Crippen LogP contribution >= 0.6 is 0 Å². The zero-order chi connectivity index (χ0) is 19.4. The molecule has 0 saturated carbocycles. The predicted octanol–water partition coefficient (Wildman–Crippen LogP) is 2.93. The Bertz CT molecular complexity index is 849. The summed E-state index contributed by atoms with van der Waals surface area (Å²) in [6.45, 7) is 3.83. The Balaban J connectivity index is 1.54. The quantitative estimate of drug-likeness (QED) is 0.819. The first kappa shape index (κ1) is 19.0. The van der Waals surface area contributed by atoms with E-state index < -0.39 is 11.6 Å². The summed E-state index contributed by atoms with van der Waals surface area (Å²) in [5.74, 6) is -1.36. The van der Waals surface area contributed by atoms with Gasteiger partial charge in [-0.3, -0.25) is 14.5 Å². The molecule has 1 heterocycles. The van der Waals surface area contributed by atoms with E-state index in [1.807, 2.05) is 9.80 Å². The molecule has 1 N–H and O–H groups in total. The SMILES string of the molecule is CC(=O)c1ccc(N2CCN(CC(=O)Nc3ccccc3F)CC2)c(F)c1. The number of nitrogens with zero attached hydrogens (tertiary/aromatic N) is 2. The van der Waals surface area contributed by atoms with Gasteiger partial charge in [0.25, 0.3) is 0 Å². The first-order valence-corrected chi connectivity index (χ1v) is 8.76. The van der Waals surface area contributed by atoms with Crippen LogP contribution in [0, 0.1) is 11.6 Å². The second kappa shape index (κ2) is 8.26. The van der Waals surface area contributed by atoms with Crippen LogP contribution in [0.5, 0.6) is 0 Å². The third-order valence-corrected chi connectivity index (χ3v) is 4.58. The lowest BCUT2D eigenvalue weighted by molar-refractivity contribution is -0.117. The fourth-order valence-corrected chi connectivity index (χ4v) is 3.08. The van der Waals surface area contributed by atoms with Crippen LogP contribution in [0.2, 0.25) is 0 Å². The van der Waals surface area contributed by atoms with Crippen molar-refractivity contribution in [2.75, 3.05) is 42.9 Å². The zero-order valence-electron chi connectivity index (χ0n) is 15.0. The molecule has 1 fully saturated rings. The standard InChI is InChI=1S/C20H21F2N3O2/c1-14(26)15-6-7-19(17(22)12-15)25-10-8-24(9-11-25)13-20(27)23-18-5-3-2-4-16(18)21/h2-7,12H,8-11,13H2,1H3,(H,23,27). The molecule has 1 saturated heterocycles. The van der Waals surface area contributed by atoms with Gasteiger partial charge in [-0.2, -0.15) is 0 Å². The van der Waals surface area contributed by atoms with Crippen molar-refractivity contribution in [3.05, 3.63) is 59.7 Å². The monoisotopic (exact) mass is 373 g/mol. The highest BCUT2D eigenvalue weighted by atomic mass is 19.1. The number of para-hydroxylation sites is 1. The minimum absolute atomic E-state index is 0.147. The number of carbonyl (C=O) groups is 2. The molecule has 1 aliphatic rings. The molecule has 1 aliphatic heterocycles. The van der Waals surface area contributed by atoms with E-state index in [0.29, 0.717) is 37.4 Å². The van der Waals surface area contributed by atoms with E-state index >= 15 is 0 Å². The Hall–Kier alpha value is -2.80. The van der Waals surface area contributed by atoms with Crippen LogP contribution in [0.4, 0.5) is 20.2 Å². The number of rotatable bonds is 5. The molecule has 0 bridgehead atoms. The molecule has 142 valence electrons. The lowest BCUT2D eigenvalue weighted by Gasteiger charge is -2.35. The van der Waals surface area contributed by atoms with Gasteiger partial charge < -0.3 is 10.2 Å². The maximum Gasteiger partial charge on any atom is 0.238 e. The normalized spacial score (nSPS) is 14.9. The van der Waals surface area contributed by atoms with Gasteiger partial charge in [0, 0.05) is 31.7 Å². The van der Waals surface area contributed by atoms with Crippen molar-refractivity contribution in [1.82, 2.24) is 4.90 Å². The Kier molecular flexibility index (Phi) is 5.81. The summed E-state index contributed by atoms with van der Waals surface area (Å²) >= 11 is 0. The van der Waals surface area contributed by atoms with Gasteiger partial charge in [-0.1, -0.05) is 12.1 Å². The van der Waals surface area contributed by atoms with Crippen molar-refractivity contribution in [3.63, 3.8) is 0 Å². The van der Waals surface area contributed by atoms with E-state index in [1.54, 1.807) is 24.3 Å². The Morgan fingerprint density at radius 1 is 1.00 bits per heavy atom. The molecular weight excluding hydrogens is 352 g/mol. The molecule has 2 aromatic carbocycles. The molecule has 0 spiro atoms. The minimum Gasteiger partial charge on any atom is -0.367 e. The second-order valence-electron chi connectivity index (χ2n) is 6.51. The number of amides is 1. The van der Waals surface area contributed by atoms with Crippen LogP contribution in [-0.4, -0.2) is 49.3 Å². The molecule has 3 rings (SSSR count). The number of hydrogen-bond acceptors (Lipinski definition) is 4. The maximum absolute atomic E-state index is 14.3. The molecule has 0 aliphatic carbocycles. The number of hydrogen-bond donors (Lipinski definition) is 1. The lowest BCUT2D eigenvalue weighted by atomic mass is 10.1. The van der Waals surface area contributed by atoms with Crippen molar-refractivity contribution < 1.29 is 18.4 Å². The van der Waals surface area contributed by atoms with Crippen molar-refractivity contribution in [2.45, 2.75) is 6.92 Å². The molecule has 5 nitrogen and oxygen atoms in total. The predicted molar refractivity (Wildman–Crippen MR) is 100 cm³/mol. The zero-order valence-corrected chi connectivity index (χ0v) is 15.0. The van der Waals surface area contributed by atoms with E-state index in [1.165, 1.54) is 25.1 Å². The van der Waals surface area contributed by atoms with Gasteiger partial charge in [-0.25, -0.2) is 8.78 Å². The fraction of sp³-hybridized carbons (Fsp3) is 0.300. The molecule has 0 unspecified atom stereocenters. The summed E-state index contributed by atoms with van der Waals surface area (Å²) in [6, 6.07) is 10.5. The van der Waals surface area contributed by atoms with Crippen LogP contribution in [0.1, 0.15) is 17.3 Å². The van der Waals surface area contributed by atoms with Gasteiger partial charge >= 0.3 is 0 Å². The highest BCUT2D eigenvalue weighted by molar-refractivity contribution is 5.94. The summed E-state index contributed by atoms with van der Waals surface area (Å²) in [5, 5.41) is 2.57.